The predicted octanol–water partition coefficient (Wildman–Crippen LogP) is 3.82. The van der Waals surface area contributed by atoms with E-state index in [1.807, 2.05) is 38.1 Å². The van der Waals surface area contributed by atoms with Gasteiger partial charge in [-0.2, -0.15) is 0 Å². The molecular weight excluding hydrogens is 444 g/mol. The molecule has 0 spiro atoms. The van der Waals surface area contributed by atoms with Gasteiger partial charge in [-0.1, -0.05) is 18.2 Å². The molecule has 1 aromatic carbocycles. The van der Waals surface area contributed by atoms with Crippen LogP contribution in [-0.2, 0) is 14.2 Å². The van der Waals surface area contributed by atoms with E-state index in [1.54, 1.807) is 17.7 Å². The number of ether oxygens (including phenoxy) is 3. The van der Waals surface area contributed by atoms with Crippen molar-refractivity contribution in [3.8, 4) is 0 Å². The SMILES string of the molecule is COCCOCCN1C2CCC1CC(OC(=O)c1cc3ccccc3n(C(C)C)c1=O)C2.Cl. The highest BCUT2D eigenvalue weighted by Gasteiger charge is 2.42. The van der Waals surface area contributed by atoms with Crippen LogP contribution in [0.1, 0.15) is 55.9 Å². The Morgan fingerprint density at radius 3 is 2.45 bits per heavy atom. The third kappa shape index (κ3) is 5.60. The van der Waals surface area contributed by atoms with Gasteiger partial charge in [-0.05, 0) is 44.2 Å². The molecule has 8 heteroatoms. The van der Waals surface area contributed by atoms with Crippen molar-refractivity contribution in [2.75, 3.05) is 33.5 Å². The molecule has 4 rings (SSSR count). The van der Waals surface area contributed by atoms with Gasteiger partial charge in [-0.15, -0.1) is 12.4 Å². The zero-order chi connectivity index (χ0) is 22.7. The number of hydrogen-bond acceptors (Lipinski definition) is 6. The third-order valence-corrected chi connectivity index (χ3v) is 6.72. The fourth-order valence-corrected chi connectivity index (χ4v) is 5.26. The third-order valence-electron chi connectivity index (χ3n) is 6.72. The molecule has 0 saturated carbocycles. The molecule has 2 fully saturated rings. The Hall–Kier alpha value is -1.93. The summed E-state index contributed by atoms with van der Waals surface area (Å²) in [4.78, 5) is 28.7. The van der Waals surface area contributed by atoms with Crippen molar-refractivity contribution in [1.29, 1.82) is 0 Å². The molecule has 2 saturated heterocycles. The fourth-order valence-electron chi connectivity index (χ4n) is 5.26. The van der Waals surface area contributed by atoms with E-state index in [0.717, 1.165) is 43.1 Å². The predicted molar refractivity (Wildman–Crippen MR) is 130 cm³/mol. The molecule has 0 aliphatic carbocycles. The van der Waals surface area contributed by atoms with Gasteiger partial charge in [-0.3, -0.25) is 9.69 Å². The smallest absolute Gasteiger partial charge is 0.344 e. The number of piperidine rings is 1. The largest absolute Gasteiger partial charge is 0.459 e. The van der Waals surface area contributed by atoms with Crippen LogP contribution in [0.3, 0.4) is 0 Å². The quantitative estimate of drug-likeness (QED) is 0.403. The molecule has 0 amide bonds. The van der Waals surface area contributed by atoms with Crippen LogP contribution in [-0.4, -0.2) is 67.1 Å². The van der Waals surface area contributed by atoms with Crippen molar-refractivity contribution in [3.63, 3.8) is 0 Å². The zero-order valence-electron chi connectivity index (χ0n) is 19.7. The molecule has 3 heterocycles. The maximum absolute atomic E-state index is 13.1. The molecule has 2 aliphatic rings. The normalized spacial score (nSPS) is 22.5. The Balaban J connectivity index is 0.00000306. The lowest BCUT2D eigenvalue weighted by atomic mass is 9.99. The maximum Gasteiger partial charge on any atom is 0.344 e. The van der Waals surface area contributed by atoms with Crippen LogP contribution in [0.15, 0.2) is 35.1 Å². The number of nitrogens with zero attached hydrogens (tertiary/aromatic N) is 2. The van der Waals surface area contributed by atoms with E-state index in [9.17, 15) is 9.59 Å². The van der Waals surface area contributed by atoms with Gasteiger partial charge in [0, 0.05) is 44.6 Å². The number of pyridine rings is 1. The minimum Gasteiger partial charge on any atom is -0.459 e. The fraction of sp³-hybridized carbons (Fsp3) is 0.600. The summed E-state index contributed by atoms with van der Waals surface area (Å²) in [5.41, 5.74) is 0.680. The van der Waals surface area contributed by atoms with Gasteiger partial charge < -0.3 is 18.8 Å². The van der Waals surface area contributed by atoms with Crippen LogP contribution in [0.5, 0.6) is 0 Å². The molecule has 2 bridgehead atoms. The number of carbonyl (C=O) groups excluding carboxylic acids is 1. The Labute approximate surface area is 201 Å². The molecule has 0 N–H and O–H groups in total. The molecule has 0 radical (unpaired) electrons. The molecule has 7 nitrogen and oxygen atoms in total. The highest BCUT2D eigenvalue weighted by molar-refractivity contribution is 5.94. The van der Waals surface area contributed by atoms with Crippen molar-refractivity contribution in [1.82, 2.24) is 9.47 Å². The van der Waals surface area contributed by atoms with Gasteiger partial charge in [-0.25, -0.2) is 4.79 Å². The number of para-hydroxylation sites is 1. The molecule has 2 atom stereocenters. The van der Waals surface area contributed by atoms with E-state index in [4.69, 9.17) is 14.2 Å². The summed E-state index contributed by atoms with van der Waals surface area (Å²) in [6.07, 6.45) is 3.71. The minimum atomic E-state index is -0.504. The number of fused-ring (bicyclic) bond motifs is 3. The van der Waals surface area contributed by atoms with Crippen LogP contribution in [0.25, 0.3) is 10.9 Å². The summed E-state index contributed by atoms with van der Waals surface area (Å²) < 4.78 is 18.2. The van der Waals surface area contributed by atoms with E-state index in [-0.39, 0.29) is 35.7 Å². The van der Waals surface area contributed by atoms with E-state index in [2.05, 4.69) is 4.90 Å². The zero-order valence-corrected chi connectivity index (χ0v) is 20.5. The van der Waals surface area contributed by atoms with E-state index >= 15 is 0 Å². The lowest BCUT2D eigenvalue weighted by molar-refractivity contribution is -0.0156. The van der Waals surface area contributed by atoms with Crippen LogP contribution < -0.4 is 5.56 Å². The van der Waals surface area contributed by atoms with Crippen LogP contribution in [0.4, 0.5) is 0 Å². The molecule has 33 heavy (non-hydrogen) atoms. The second-order valence-electron chi connectivity index (χ2n) is 9.11. The molecule has 2 aliphatic heterocycles. The number of halogens is 1. The number of aromatic nitrogens is 1. The maximum atomic E-state index is 13.1. The van der Waals surface area contributed by atoms with Crippen molar-refractivity contribution in [2.24, 2.45) is 0 Å². The average molecular weight is 479 g/mol. The molecule has 182 valence electrons. The Morgan fingerprint density at radius 1 is 1.09 bits per heavy atom. The topological polar surface area (TPSA) is 70.0 Å². The first kappa shape index (κ1) is 25.7. The summed E-state index contributed by atoms with van der Waals surface area (Å²) in [6.45, 7) is 6.71. The van der Waals surface area contributed by atoms with Crippen LogP contribution in [0.2, 0.25) is 0 Å². The summed E-state index contributed by atoms with van der Waals surface area (Å²) in [7, 11) is 1.67. The van der Waals surface area contributed by atoms with Gasteiger partial charge in [0.05, 0.1) is 25.3 Å². The van der Waals surface area contributed by atoms with Crippen molar-refractivity contribution in [3.05, 3.63) is 46.2 Å². The van der Waals surface area contributed by atoms with Crippen LogP contribution >= 0.6 is 12.4 Å². The minimum absolute atomic E-state index is 0. The van der Waals surface area contributed by atoms with Crippen molar-refractivity contribution < 1.29 is 19.0 Å². The van der Waals surface area contributed by atoms with Gasteiger partial charge in [0.1, 0.15) is 11.7 Å². The van der Waals surface area contributed by atoms with Crippen molar-refractivity contribution in [2.45, 2.75) is 63.8 Å². The average Bonchev–Trinajstić information content (AvgIpc) is 3.00. The second-order valence-corrected chi connectivity index (χ2v) is 9.11. The number of carbonyl (C=O) groups is 1. The lowest BCUT2D eigenvalue weighted by Crippen LogP contribution is -2.47. The van der Waals surface area contributed by atoms with Gasteiger partial charge in [0.2, 0.25) is 0 Å². The highest BCUT2D eigenvalue weighted by atomic mass is 35.5. The standard InChI is InChI=1S/C25H34N2O5.ClH/c1-17(2)27-23-7-5-4-6-18(23)14-22(24(27)28)25(29)32-21-15-19-8-9-20(16-21)26(19)10-11-31-13-12-30-3;/h4-7,14,17,19-21H,8-13,15-16H2,1-3H3;1H. The number of benzene rings is 1. The van der Waals surface area contributed by atoms with Gasteiger partial charge >= 0.3 is 5.97 Å². The van der Waals surface area contributed by atoms with Crippen LogP contribution in [0, 0.1) is 0 Å². The number of rotatable bonds is 9. The lowest BCUT2D eigenvalue weighted by Gasteiger charge is -2.38. The molecule has 1 aromatic heterocycles. The first-order valence-electron chi connectivity index (χ1n) is 11.7. The molecule has 2 unspecified atom stereocenters. The monoisotopic (exact) mass is 478 g/mol. The van der Waals surface area contributed by atoms with Crippen molar-refractivity contribution >= 4 is 29.3 Å². The summed E-state index contributed by atoms with van der Waals surface area (Å²) in [5, 5.41) is 0.871. The van der Waals surface area contributed by atoms with E-state index in [1.165, 1.54) is 0 Å². The highest BCUT2D eigenvalue weighted by Crippen LogP contribution is 2.36. The second kappa shape index (κ2) is 11.5. The first-order chi connectivity index (χ1) is 15.5. The van der Waals surface area contributed by atoms with E-state index < -0.39 is 5.97 Å². The number of esters is 1. The number of hydrogen-bond donors (Lipinski definition) is 0. The summed E-state index contributed by atoms with van der Waals surface area (Å²) in [5.74, 6) is -0.504. The number of methoxy groups -OCH3 is 1. The summed E-state index contributed by atoms with van der Waals surface area (Å²) >= 11 is 0. The van der Waals surface area contributed by atoms with Gasteiger partial charge in [0.25, 0.3) is 5.56 Å². The molecule has 2 aromatic rings. The Kier molecular flexibility index (Phi) is 8.93. The summed E-state index contributed by atoms with van der Waals surface area (Å²) in [6, 6.07) is 10.1. The Bertz CT molecular complexity index is 994. The first-order valence-corrected chi connectivity index (χ1v) is 11.7. The van der Waals surface area contributed by atoms with E-state index in [0.29, 0.717) is 31.9 Å². The van der Waals surface area contributed by atoms with Gasteiger partial charge in [0.15, 0.2) is 0 Å². The Morgan fingerprint density at radius 2 is 1.79 bits per heavy atom. The molecular formula is C25H35ClN2O5.